The number of rotatable bonds is 9. The molecule has 1 rings (SSSR count). The number of nitrogens with zero attached hydrogens (tertiary/aromatic N) is 1. The fourth-order valence-corrected chi connectivity index (χ4v) is 3.24. The minimum absolute atomic E-state index is 0. The Morgan fingerprint density at radius 1 is 1.20 bits per heavy atom. The standard InChI is InChI=1S/C16H25Cl2N3O2S.HI/c1-3-19-16(21-10-5-11-24(2,22)23)20-9-4-6-13-7-8-14(17)12-15(13)18;/h7-8,12H,3-6,9-11H2,1-2H3,(H2,19,20,21);1H. The average Bonchev–Trinajstić information content (AvgIpc) is 2.48. The van der Waals surface area contributed by atoms with Crippen molar-refractivity contribution in [3.8, 4) is 0 Å². The lowest BCUT2D eigenvalue weighted by Crippen LogP contribution is -2.38. The number of aliphatic imine (C=N–C) groups is 1. The van der Waals surface area contributed by atoms with Crippen LogP contribution in [0.25, 0.3) is 0 Å². The van der Waals surface area contributed by atoms with Crippen LogP contribution < -0.4 is 10.6 Å². The van der Waals surface area contributed by atoms with E-state index in [9.17, 15) is 8.42 Å². The van der Waals surface area contributed by atoms with Gasteiger partial charge in [0.15, 0.2) is 5.96 Å². The van der Waals surface area contributed by atoms with Gasteiger partial charge in [-0.05, 0) is 43.9 Å². The van der Waals surface area contributed by atoms with Gasteiger partial charge >= 0.3 is 0 Å². The van der Waals surface area contributed by atoms with Gasteiger partial charge in [0, 0.05) is 35.9 Å². The zero-order valence-electron chi connectivity index (χ0n) is 14.5. The van der Waals surface area contributed by atoms with Crippen molar-refractivity contribution in [3.05, 3.63) is 33.8 Å². The molecule has 25 heavy (non-hydrogen) atoms. The van der Waals surface area contributed by atoms with Gasteiger partial charge in [0.05, 0.1) is 5.75 Å². The molecule has 0 aliphatic rings. The van der Waals surface area contributed by atoms with Crippen LogP contribution in [0.5, 0.6) is 0 Å². The molecule has 0 heterocycles. The van der Waals surface area contributed by atoms with Crippen LogP contribution in [0.15, 0.2) is 23.2 Å². The van der Waals surface area contributed by atoms with Gasteiger partial charge in [-0.25, -0.2) is 8.42 Å². The van der Waals surface area contributed by atoms with Crippen LogP contribution in [0.3, 0.4) is 0 Å². The molecule has 0 aromatic heterocycles. The van der Waals surface area contributed by atoms with E-state index in [0.29, 0.717) is 35.5 Å². The molecule has 0 aliphatic heterocycles. The van der Waals surface area contributed by atoms with Gasteiger partial charge in [0.2, 0.25) is 0 Å². The van der Waals surface area contributed by atoms with E-state index in [1.54, 1.807) is 6.07 Å². The summed E-state index contributed by atoms with van der Waals surface area (Å²) in [4.78, 5) is 4.49. The van der Waals surface area contributed by atoms with Gasteiger partial charge in [0.25, 0.3) is 0 Å². The Morgan fingerprint density at radius 3 is 2.52 bits per heavy atom. The topological polar surface area (TPSA) is 70.6 Å². The molecule has 0 aliphatic carbocycles. The SMILES string of the molecule is CCNC(=NCCCc1ccc(Cl)cc1Cl)NCCCS(C)(=O)=O.I. The molecule has 0 bridgehead atoms. The van der Waals surface area contributed by atoms with Crippen molar-refractivity contribution in [1.82, 2.24) is 10.6 Å². The lowest BCUT2D eigenvalue weighted by Gasteiger charge is -2.11. The first-order valence-electron chi connectivity index (χ1n) is 7.95. The van der Waals surface area contributed by atoms with Gasteiger partial charge in [-0.15, -0.1) is 24.0 Å². The maximum Gasteiger partial charge on any atom is 0.191 e. The average molecular weight is 522 g/mol. The molecular weight excluding hydrogens is 496 g/mol. The zero-order valence-corrected chi connectivity index (χ0v) is 19.2. The summed E-state index contributed by atoms with van der Waals surface area (Å²) in [6.07, 6.45) is 3.49. The van der Waals surface area contributed by atoms with Gasteiger partial charge in [-0.2, -0.15) is 0 Å². The second kappa shape index (κ2) is 13.0. The number of nitrogens with one attached hydrogen (secondary N) is 2. The first-order valence-corrected chi connectivity index (χ1v) is 10.8. The zero-order chi connectivity index (χ0) is 18.0. The summed E-state index contributed by atoms with van der Waals surface area (Å²) in [6.45, 7) is 3.96. The van der Waals surface area contributed by atoms with E-state index in [1.165, 1.54) is 6.26 Å². The molecule has 5 nitrogen and oxygen atoms in total. The Kier molecular flexibility index (Phi) is 12.9. The summed E-state index contributed by atoms with van der Waals surface area (Å²) < 4.78 is 22.2. The van der Waals surface area contributed by atoms with Gasteiger partial charge < -0.3 is 10.6 Å². The Balaban J connectivity index is 0.00000576. The van der Waals surface area contributed by atoms with E-state index in [1.807, 2.05) is 19.1 Å². The summed E-state index contributed by atoms with van der Waals surface area (Å²) in [5.74, 6) is 0.877. The third-order valence-corrected chi connectivity index (χ3v) is 4.84. The van der Waals surface area contributed by atoms with E-state index in [0.717, 1.165) is 24.9 Å². The molecule has 0 amide bonds. The minimum atomic E-state index is -2.92. The van der Waals surface area contributed by atoms with Gasteiger partial charge in [-0.3, -0.25) is 4.99 Å². The molecule has 0 radical (unpaired) electrons. The van der Waals surface area contributed by atoms with Gasteiger partial charge in [0.1, 0.15) is 9.84 Å². The fraction of sp³-hybridized carbons (Fsp3) is 0.562. The van der Waals surface area contributed by atoms with Crippen LogP contribution >= 0.6 is 47.2 Å². The van der Waals surface area contributed by atoms with Crippen molar-refractivity contribution < 1.29 is 8.42 Å². The molecule has 0 unspecified atom stereocenters. The number of hydrogen-bond donors (Lipinski definition) is 2. The van der Waals surface area contributed by atoms with Crippen molar-refractivity contribution in [2.45, 2.75) is 26.2 Å². The van der Waals surface area contributed by atoms with Crippen LogP contribution in [-0.4, -0.2) is 46.0 Å². The maximum absolute atomic E-state index is 11.1. The minimum Gasteiger partial charge on any atom is -0.357 e. The molecule has 0 spiro atoms. The molecule has 2 N–H and O–H groups in total. The summed E-state index contributed by atoms with van der Waals surface area (Å²) >= 11 is 12.0. The number of sulfone groups is 1. The first kappa shape index (κ1) is 24.8. The molecule has 1 aromatic carbocycles. The monoisotopic (exact) mass is 521 g/mol. The van der Waals surface area contributed by atoms with E-state index >= 15 is 0 Å². The van der Waals surface area contributed by atoms with Crippen LogP contribution in [0, 0.1) is 0 Å². The first-order chi connectivity index (χ1) is 11.3. The maximum atomic E-state index is 11.1. The Labute approximate surface area is 177 Å². The highest BCUT2D eigenvalue weighted by molar-refractivity contribution is 14.0. The number of benzene rings is 1. The van der Waals surface area contributed by atoms with Crippen molar-refractivity contribution >= 4 is 63.0 Å². The predicted molar refractivity (Wildman–Crippen MR) is 119 cm³/mol. The highest BCUT2D eigenvalue weighted by Gasteiger charge is 2.03. The molecule has 0 atom stereocenters. The number of hydrogen-bond acceptors (Lipinski definition) is 3. The third-order valence-electron chi connectivity index (χ3n) is 3.22. The Bertz CT molecular complexity index is 655. The van der Waals surface area contributed by atoms with Crippen LogP contribution in [-0.2, 0) is 16.3 Å². The van der Waals surface area contributed by atoms with E-state index in [-0.39, 0.29) is 29.7 Å². The van der Waals surface area contributed by atoms with E-state index in [2.05, 4.69) is 15.6 Å². The summed E-state index contributed by atoms with van der Waals surface area (Å²) in [5.41, 5.74) is 1.06. The second-order valence-electron chi connectivity index (χ2n) is 5.51. The molecule has 144 valence electrons. The lowest BCUT2D eigenvalue weighted by atomic mass is 10.1. The number of aryl methyl sites for hydroxylation is 1. The molecular formula is C16H26Cl2IN3O2S. The van der Waals surface area contributed by atoms with E-state index in [4.69, 9.17) is 23.2 Å². The number of guanidine groups is 1. The fourth-order valence-electron chi connectivity index (χ4n) is 2.07. The Hall–Kier alpha value is -0.250. The molecule has 9 heteroatoms. The molecule has 0 saturated heterocycles. The summed E-state index contributed by atoms with van der Waals surface area (Å²) in [6, 6.07) is 5.51. The normalized spacial score (nSPS) is 11.8. The summed E-state index contributed by atoms with van der Waals surface area (Å²) in [5, 5.41) is 7.60. The van der Waals surface area contributed by atoms with E-state index < -0.39 is 9.84 Å². The van der Waals surface area contributed by atoms with Crippen molar-refractivity contribution in [1.29, 1.82) is 0 Å². The number of halogens is 3. The van der Waals surface area contributed by atoms with Crippen LogP contribution in [0.2, 0.25) is 10.0 Å². The Morgan fingerprint density at radius 2 is 1.92 bits per heavy atom. The predicted octanol–water partition coefficient (Wildman–Crippen LogP) is 3.53. The van der Waals surface area contributed by atoms with Crippen molar-refractivity contribution in [2.24, 2.45) is 4.99 Å². The molecule has 0 fully saturated rings. The largest absolute Gasteiger partial charge is 0.357 e. The molecule has 0 saturated carbocycles. The summed E-state index contributed by atoms with van der Waals surface area (Å²) in [7, 11) is -2.92. The molecule has 1 aromatic rings. The van der Waals surface area contributed by atoms with Crippen molar-refractivity contribution in [3.63, 3.8) is 0 Å². The lowest BCUT2D eigenvalue weighted by molar-refractivity contribution is 0.598. The third kappa shape index (κ3) is 11.9. The quantitative estimate of drug-likeness (QED) is 0.226. The van der Waals surface area contributed by atoms with Gasteiger partial charge in [-0.1, -0.05) is 29.3 Å². The van der Waals surface area contributed by atoms with Crippen molar-refractivity contribution in [2.75, 3.05) is 31.6 Å². The van der Waals surface area contributed by atoms with Crippen LogP contribution in [0.1, 0.15) is 25.3 Å². The highest BCUT2D eigenvalue weighted by atomic mass is 127. The smallest absolute Gasteiger partial charge is 0.191 e. The second-order valence-corrected chi connectivity index (χ2v) is 8.61. The highest BCUT2D eigenvalue weighted by Crippen LogP contribution is 2.21. The van der Waals surface area contributed by atoms with Crippen LogP contribution in [0.4, 0.5) is 0 Å².